The van der Waals surface area contributed by atoms with Crippen molar-refractivity contribution in [2.75, 3.05) is 5.01 Å². The molecule has 0 atom stereocenters. The minimum Gasteiger partial charge on any atom is -0.241 e. The Hall–Kier alpha value is -1.83. The van der Waals surface area contributed by atoms with E-state index in [-0.39, 0.29) is 0 Å². The zero-order valence-corrected chi connectivity index (χ0v) is 9.13. The molecule has 0 unspecified atom stereocenters. The summed E-state index contributed by atoms with van der Waals surface area (Å²) in [5.41, 5.74) is 3.83. The van der Waals surface area contributed by atoms with Gasteiger partial charge in [0.1, 0.15) is 0 Å². The predicted octanol–water partition coefficient (Wildman–Crippen LogP) is 3.49. The first-order valence-electron chi connectivity index (χ1n) is 5.73. The lowest BCUT2D eigenvalue weighted by Crippen LogP contribution is -2.16. The number of anilines is 1. The molecular weight excluding hydrogens is 196 g/mol. The standard InChI is InChI=1S/C14H14N2/c1-2-8-14(9-3-1)16-11-13-7-5-4-6-12(13)10-15-16/h1-3,6,8-11H,4-5,7H2. The Morgan fingerprint density at radius 1 is 1.12 bits per heavy atom. The number of nitrogens with zero attached hydrogens (tertiary/aromatic N) is 2. The lowest BCUT2D eigenvalue weighted by molar-refractivity contribution is 0.802. The topological polar surface area (TPSA) is 15.6 Å². The zero-order chi connectivity index (χ0) is 10.8. The van der Waals surface area contributed by atoms with Crippen molar-refractivity contribution in [3.05, 3.63) is 53.8 Å². The fourth-order valence-corrected chi connectivity index (χ4v) is 2.13. The maximum absolute atomic E-state index is 4.45. The molecule has 0 saturated heterocycles. The summed E-state index contributed by atoms with van der Waals surface area (Å²) in [7, 11) is 0. The van der Waals surface area contributed by atoms with E-state index < -0.39 is 0 Å². The second-order valence-electron chi connectivity index (χ2n) is 4.13. The van der Waals surface area contributed by atoms with Crippen LogP contribution in [0.3, 0.4) is 0 Å². The number of hydrogen-bond donors (Lipinski definition) is 0. The molecular formula is C14H14N2. The molecule has 16 heavy (non-hydrogen) atoms. The van der Waals surface area contributed by atoms with Gasteiger partial charge in [0.05, 0.1) is 11.9 Å². The van der Waals surface area contributed by atoms with Crippen molar-refractivity contribution in [1.82, 2.24) is 0 Å². The summed E-state index contributed by atoms with van der Waals surface area (Å²) in [6.07, 6.45) is 10.0. The molecule has 0 saturated carbocycles. The van der Waals surface area contributed by atoms with E-state index in [4.69, 9.17) is 0 Å². The van der Waals surface area contributed by atoms with Crippen molar-refractivity contribution in [3.63, 3.8) is 0 Å². The Kier molecular flexibility index (Phi) is 2.33. The minimum atomic E-state index is 1.12. The molecule has 2 aliphatic rings. The van der Waals surface area contributed by atoms with Gasteiger partial charge in [-0.2, -0.15) is 5.10 Å². The fourth-order valence-electron chi connectivity index (χ4n) is 2.13. The van der Waals surface area contributed by atoms with Gasteiger partial charge in [0.2, 0.25) is 0 Å². The number of hydrazone groups is 1. The summed E-state index contributed by atoms with van der Waals surface area (Å²) >= 11 is 0. The van der Waals surface area contributed by atoms with Crippen LogP contribution in [0.4, 0.5) is 5.69 Å². The molecule has 0 N–H and O–H groups in total. The van der Waals surface area contributed by atoms with Crippen molar-refractivity contribution < 1.29 is 0 Å². The first kappa shape index (κ1) is 9.40. The number of hydrogen-bond acceptors (Lipinski definition) is 2. The first-order valence-corrected chi connectivity index (χ1v) is 5.73. The second kappa shape index (κ2) is 3.97. The molecule has 2 nitrogen and oxygen atoms in total. The van der Waals surface area contributed by atoms with Crippen LogP contribution in [-0.2, 0) is 0 Å². The third kappa shape index (κ3) is 1.67. The van der Waals surface area contributed by atoms with Crippen LogP contribution in [0, 0.1) is 0 Å². The maximum atomic E-state index is 4.45. The molecule has 0 bridgehead atoms. The lowest BCUT2D eigenvalue weighted by Gasteiger charge is -2.23. The zero-order valence-electron chi connectivity index (χ0n) is 9.13. The highest BCUT2D eigenvalue weighted by molar-refractivity contribution is 5.87. The Balaban J connectivity index is 1.93. The van der Waals surface area contributed by atoms with E-state index in [1.165, 1.54) is 30.4 Å². The van der Waals surface area contributed by atoms with Gasteiger partial charge in [-0.05, 0) is 42.5 Å². The molecule has 80 valence electrons. The largest absolute Gasteiger partial charge is 0.241 e. The van der Waals surface area contributed by atoms with Crippen molar-refractivity contribution in [2.24, 2.45) is 5.10 Å². The summed E-state index contributed by atoms with van der Waals surface area (Å²) in [5.74, 6) is 0. The van der Waals surface area contributed by atoms with Crippen molar-refractivity contribution in [3.8, 4) is 0 Å². The van der Waals surface area contributed by atoms with E-state index >= 15 is 0 Å². The molecule has 1 aliphatic heterocycles. The molecule has 1 aromatic carbocycles. The summed E-state index contributed by atoms with van der Waals surface area (Å²) in [6, 6.07) is 10.2. The Bertz CT molecular complexity index is 469. The van der Waals surface area contributed by atoms with Crippen LogP contribution in [0.25, 0.3) is 0 Å². The van der Waals surface area contributed by atoms with Gasteiger partial charge in [-0.25, -0.2) is 5.01 Å². The van der Waals surface area contributed by atoms with Crippen LogP contribution < -0.4 is 5.01 Å². The van der Waals surface area contributed by atoms with Crippen molar-refractivity contribution >= 4 is 11.9 Å². The molecule has 0 amide bonds. The molecule has 3 rings (SSSR count). The quantitative estimate of drug-likeness (QED) is 0.692. The minimum absolute atomic E-state index is 1.12. The first-order chi connectivity index (χ1) is 7.93. The molecule has 1 aromatic rings. The summed E-state index contributed by atoms with van der Waals surface area (Å²) < 4.78 is 0. The highest BCUT2D eigenvalue weighted by atomic mass is 15.4. The molecule has 0 aromatic heterocycles. The van der Waals surface area contributed by atoms with Crippen molar-refractivity contribution in [1.29, 1.82) is 0 Å². The van der Waals surface area contributed by atoms with E-state index in [1.54, 1.807) is 0 Å². The van der Waals surface area contributed by atoms with Crippen LogP contribution >= 0.6 is 0 Å². The van der Waals surface area contributed by atoms with E-state index in [1.807, 2.05) is 29.4 Å². The van der Waals surface area contributed by atoms with Crippen LogP contribution in [0.15, 0.2) is 58.9 Å². The summed E-state index contributed by atoms with van der Waals surface area (Å²) in [5, 5.41) is 6.40. The number of rotatable bonds is 1. The third-order valence-electron chi connectivity index (χ3n) is 3.01. The van der Waals surface area contributed by atoms with Crippen LogP contribution in [0.5, 0.6) is 0 Å². The lowest BCUT2D eigenvalue weighted by atomic mass is 9.94. The fraction of sp³-hybridized carbons (Fsp3) is 0.214. The van der Waals surface area contributed by atoms with Gasteiger partial charge in [0.25, 0.3) is 0 Å². The number of fused-ring (bicyclic) bond motifs is 1. The predicted molar refractivity (Wildman–Crippen MR) is 67.4 cm³/mol. The Morgan fingerprint density at radius 3 is 2.88 bits per heavy atom. The SMILES string of the molecule is C1=NN(c2ccccc2)C=C2CCCC=C12. The van der Waals surface area contributed by atoms with Gasteiger partial charge in [0, 0.05) is 6.20 Å². The molecule has 0 fully saturated rings. The normalized spacial score (nSPS) is 18.9. The van der Waals surface area contributed by atoms with E-state index in [2.05, 4.69) is 29.5 Å². The van der Waals surface area contributed by atoms with Gasteiger partial charge in [-0.15, -0.1) is 0 Å². The van der Waals surface area contributed by atoms with Crippen LogP contribution in [0.1, 0.15) is 19.3 Å². The average molecular weight is 210 g/mol. The van der Waals surface area contributed by atoms with Gasteiger partial charge in [-0.1, -0.05) is 24.3 Å². The van der Waals surface area contributed by atoms with E-state index in [0.29, 0.717) is 0 Å². The third-order valence-corrected chi connectivity index (χ3v) is 3.01. The molecule has 0 spiro atoms. The molecule has 0 radical (unpaired) electrons. The van der Waals surface area contributed by atoms with Gasteiger partial charge >= 0.3 is 0 Å². The number of benzene rings is 1. The van der Waals surface area contributed by atoms with Gasteiger partial charge in [0.15, 0.2) is 0 Å². The average Bonchev–Trinajstić information content (AvgIpc) is 2.39. The number of para-hydroxylation sites is 1. The smallest absolute Gasteiger partial charge is 0.0645 e. The monoisotopic (exact) mass is 210 g/mol. The summed E-state index contributed by atoms with van der Waals surface area (Å²) in [6.45, 7) is 0. The Morgan fingerprint density at radius 2 is 2.00 bits per heavy atom. The van der Waals surface area contributed by atoms with Crippen LogP contribution in [-0.4, -0.2) is 6.21 Å². The van der Waals surface area contributed by atoms with Crippen LogP contribution in [0.2, 0.25) is 0 Å². The van der Waals surface area contributed by atoms with Gasteiger partial charge in [-0.3, -0.25) is 0 Å². The second-order valence-corrected chi connectivity index (χ2v) is 4.13. The van der Waals surface area contributed by atoms with Gasteiger partial charge < -0.3 is 0 Å². The molecule has 2 heteroatoms. The maximum Gasteiger partial charge on any atom is 0.0645 e. The number of allylic oxidation sites excluding steroid dienone is 3. The highest BCUT2D eigenvalue weighted by Crippen LogP contribution is 2.28. The van der Waals surface area contributed by atoms with E-state index in [9.17, 15) is 0 Å². The Labute approximate surface area is 95.6 Å². The highest BCUT2D eigenvalue weighted by Gasteiger charge is 2.14. The van der Waals surface area contributed by atoms with E-state index in [0.717, 1.165) is 5.69 Å². The molecule has 1 heterocycles. The van der Waals surface area contributed by atoms with Crippen molar-refractivity contribution in [2.45, 2.75) is 19.3 Å². The summed E-state index contributed by atoms with van der Waals surface area (Å²) in [4.78, 5) is 0. The molecule has 1 aliphatic carbocycles.